The van der Waals surface area contributed by atoms with Gasteiger partial charge >= 0.3 is 6.03 Å². The van der Waals surface area contributed by atoms with E-state index in [-0.39, 0.29) is 17.2 Å². The van der Waals surface area contributed by atoms with Crippen molar-refractivity contribution in [1.82, 2.24) is 10.2 Å². The van der Waals surface area contributed by atoms with Crippen LogP contribution in [0.15, 0.2) is 29.5 Å². The van der Waals surface area contributed by atoms with Crippen molar-refractivity contribution in [2.24, 2.45) is 5.41 Å². The fourth-order valence-corrected chi connectivity index (χ4v) is 3.83. The van der Waals surface area contributed by atoms with Crippen molar-refractivity contribution in [2.45, 2.75) is 32.7 Å². The number of urea groups is 1. The molecule has 122 valence electrons. The summed E-state index contributed by atoms with van der Waals surface area (Å²) in [6, 6.07) is 4.34. The molecule has 3 rings (SSSR count). The minimum absolute atomic E-state index is 0.0547. The third kappa shape index (κ3) is 2.86. The maximum Gasteiger partial charge on any atom is 0.322 e. The van der Waals surface area contributed by atoms with E-state index in [1.54, 1.807) is 25.2 Å². The summed E-state index contributed by atoms with van der Waals surface area (Å²) in [4.78, 5) is 26.6. The minimum atomic E-state index is -0.526. The number of rotatable bonds is 1. The number of hydrogen-bond donors (Lipinski definition) is 1. The second-order valence-electron chi connectivity index (χ2n) is 6.91. The van der Waals surface area contributed by atoms with E-state index >= 15 is 0 Å². The maximum atomic E-state index is 12.8. The van der Waals surface area contributed by atoms with E-state index in [2.05, 4.69) is 5.32 Å². The Morgan fingerprint density at radius 1 is 1.22 bits per heavy atom. The van der Waals surface area contributed by atoms with Crippen LogP contribution in [0.25, 0.3) is 0 Å². The molecule has 1 aromatic rings. The van der Waals surface area contributed by atoms with E-state index in [1.165, 1.54) is 4.90 Å². The molecule has 0 radical (unpaired) electrons. The van der Waals surface area contributed by atoms with Gasteiger partial charge in [-0.15, -0.1) is 0 Å². The van der Waals surface area contributed by atoms with E-state index in [1.807, 2.05) is 13.8 Å². The number of carbonyl (C=O) groups is 2. The van der Waals surface area contributed by atoms with Gasteiger partial charge in [-0.3, -0.25) is 4.79 Å². The van der Waals surface area contributed by atoms with Gasteiger partial charge in [0.05, 0.1) is 6.04 Å². The Morgan fingerprint density at radius 2 is 1.91 bits per heavy atom. The molecule has 2 aliphatic rings. The van der Waals surface area contributed by atoms with Gasteiger partial charge in [0, 0.05) is 34.8 Å². The quantitative estimate of drug-likeness (QED) is 0.817. The molecule has 1 aromatic carbocycles. The van der Waals surface area contributed by atoms with Crippen molar-refractivity contribution in [3.8, 4) is 0 Å². The zero-order valence-corrected chi connectivity index (χ0v) is 14.8. The number of allylic oxidation sites excluding steroid dienone is 1. The highest BCUT2D eigenvalue weighted by molar-refractivity contribution is 6.35. The topological polar surface area (TPSA) is 49.4 Å². The molecular weight excluding hydrogens is 335 g/mol. The number of ketones is 1. The second-order valence-corrected chi connectivity index (χ2v) is 7.75. The summed E-state index contributed by atoms with van der Waals surface area (Å²) in [6.45, 7) is 4.08. The molecule has 0 fully saturated rings. The molecule has 2 amide bonds. The zero-order chi connectivity index (χ0) is 16.9. The Kier molecular flexibility index (Phi) is 3.93. The number of nitrogens with zero attached hydrogens (tertiary/aromatic N) is 1. The Hall–Kier alpha value is -1.52. The predicted octanol–water partition coefficient (Wildman–Crippen LogP) is 4.33. The van der Waals surface area contributed by atoms with E-state index in [9.17, 15) is 9.59 Å². The Balaban J connectivity index is 2.16. The third-order valence-electron chi connectivity index (χ3n) is 4.44. The third-order valence-corrected chi connectivity index (χ3v) is 5.00. The van der Waals surface area contributed by atoms with Crippen molar-refractivity contribution in [3.05, 3.63) is 45.1 Å². The smallest absolute Gasteiger partial charge is 0.322 e. The molecule has 6 heteroatoms. The fraction of sp³-hybridized carbons (Fsp3) is 0.412. The zero-order valence-electron chi connectivity index (χ0n) is 13.2. The van der Waals surface area contributed by atoms with E-state index < -0.39 is 6.04 Å². The summed E-state index contributed by atoms with van der Waals surface area (Å²) in [5.74, 6) is 0.0547. The van der Waals surface area contributed by atoms with Crippen LogP contribution in [0.5, 0.6) is 0 Å². The molecule has 0 saturated heterocycles. The predicted molar refractivity (Wildman–Crippen MR) is 90.5 cm³/mol. The minimum Gasteiger partial charge on any atom is -0.327 e. The first-order valence-corrected chi connectivity index (χ1v) is 8.20. The number of amides is 2. The number of hydrogen-bond acceptors (Lipinski definition) is 2. The van der Waals surface area contributed by atoms with Crippen LogP contribution in [0.3, 0.4) is 0 Å². The van der Waals surface area contributed by atoms with Gasteiger partial charge in [0.1, 0.15) is 0 Å². The van der Waals surface area contributed by atoms with Gasteiger partial charge in [-0.05, 0) is 29.5 Å². The van der Waals surface area contributed by atoms with Crippen LogP contribution in [-0.4, -0.2) is 23.8 Å². The largest absolute Gasteiger partial charge is 0.327 e. The second kappa shape index (κ2) is 5.53. The number of benzene rings is 1. The lowest BCUT2D eigenvalue weighted by Crippen LogP contribution is -2.49. The van der Waals surface area contributed by atoms with Crippen LogP contribution in [0.1, 0.15) is 38.3 Å². The molecule has 1 heterocycles. The van der Waals surface area contributed by atoms with Crippen LogP contribution >= 0.6 is 23.2 Å². The first-order chi connectivity index (χ1) is 10.7. The molecule has 0 bridgehead atoms. The molecule has 1 aliphatic heterocycles. The molecule has 4 nitrogen and oxygen atoms in total. The molecule has 0 saturated carbocycles. The monoisotopic (exact) mass is 352 g/mol. The summed E-state index contributed by atoms with van der Waals surface area (Å²) < 4.78 is 0. The summed E-state index contributed by atoms with van der Waals surface area (Å²) in [6.07, 6.45) is 1.14. The van der Waals surface area contributed by atoms with Gasteiger partial charge in [0.25, 0.3) is 0 Å². The molecule has 1 aliphatic carbocycles. The van der Waals surface area contributed by atoms with E-state index in [0.29, 0.717) is 34.0 Å². The molecule has 1 N–H and O–H groups in total. The van der Waals surface area contributed by atoms with Crippen LogP contribution < -0.4 is 5.32 Å². The lowest BCUT2D eigenvalue weighted by atomic mass is 9.72. The van der Waals surface area contributed by atoms with Gasteiger partial charge in [0.15, 0.2) is 5.78 Å². The normalized spacial score (nSPS) is 23.7. The number of nitrogens with one attached hydrogen (secondary N) is 1. The molecule has 0 aromatic heterocycles. The highest BCUT2D eigenvalue weighted by Gasteiger charge is 2.43. The van der Waals surface area contributed by atoms with Crippen molar-refractivity contribution in [3.63, 3.8) is 0 Å². The van der Waals surface area contributed by atoms with Gasteiger partial charge in [0.2, 0.25) is 0 Å². The summed E-state index contributed by atoms with van der Waals surface area (Å²) in [5, 5.41) is 3.84. The number of halogens is 2. The summed E-state index contributed by atoms with van der Waals surface area (Å²) >= 11 is 12.3. The first-order valence-electron chi connectivity index (χ1n) is 7.45. The molecule has 0 unspecified atom stereocenters. The Bertz CT molecular complexity index is 740. The van der Waals surface area contributed by atoms with Crippen LogP contribution in [0.2, 0.25) is 10.0 Å². The van der Waals surface area contributed by atoms with Gasteiger partial charge in [-0.2, -0.15) is 0 Å². The van der Waals surface area contributed by atoms with Gasteiger partial charge in [-0.25, -0.2) is 4.79 Å². The van der Waals surface area contributed by atoms with Crippen molar-refractivity contribution >= 4 is 35.0 Å². The highest BCUT2D eigenvalue weighted by Crippen LogP contribution is 2.44. The van der Waals surface area contributed by atoms with Gasteiger partial charge in [-0.1, -0.05) is 43.1 Å². The first kappa shape index (κ1) is 16.3. The highest BCUT2D eigenvalue weighted by atomic mass is 35.5. The number of Topliss-reactive ketones (excluding diaryl/α,β-unsaturated/α-hetero) is 1. The van der Waals surface area contributed by atoms with Crippen molar-refractivity contribution in [1.29, 1.82) is 0 Å². The van der Waals surface area contributed by atoms with Crippen LogP contribution in [-0.2, 0) is 4.79 Å². The van der Waals surface area contributed by atoms with E-state index in [4.69, 9.17) is 23.2 Å². The van der Waals surface area contributed by atoms with Crippen LogP contribution in [0.4, 0.5) is 4.79 Å². The van der Waals surface area contributed by atoms with E-state index in [0.717, 1.165) is 5.70 Å². The molecule has 0 spiro atoms. The molecule has 23 heavy (non-hydrogen) atoms. The van der Waals surface area contributed by atoms with Crippen LogP contribution in [0, 0.1) is 5.41 Å². The Morgan fingerprint density at radius 3 is 2.57 bits per heavy atom. The summed E-state index contributed by atoms with van der Waals surface area (Å²) in [5.41, 5.74) is 1.95. The Labute approximate surface area is 145 Å². The maximum absolute atomic E-state index is 12.8. The lowest BCUT2D eigenvalue weighted by molar-refractivity contribution is -0.118. The van der Waals surface area contributed by atoms with Gasteiger partial charge < -0.3 is 10.2 Å². The number of carbonyl (C=O) groups excluding carboxylic acids is 2. The average Bonchev–Trinajstić information content (AvgIpc) is 2.42. The lowest BCUT2D eigenvalue weighted by Gasteiger charge is -2.42. The average molecular weight is 353 g/mol. The van der Waals surface area contributed by atoms with Crippen molar-refractivity contribution < 1.29 is 9.59 Å². The summed E-state index contributed by atoms with van der Waals surface area (Å²) in [7, 11) is 1.69. The van der Waals surface area contributed by atoms with Crippen molar-refractivity contribution in [2.75, 3.05) is 7.05 Å². The SMILES string of the molecule is CN1C(=O)N[C@H](c2ccc(Cl)cc2Cl)C2=C1CC(C)(C)CC2=O. The molecular formula is C17H18Cl2N2O2. The molecule has 1 atom stereocenters. The standard InChI is InChI=1S/C17H18Cl2N2O2/c1-17(2)7-12-14(13(22)8-17)15(20-16(23)21(12)3)10-5-4-9(18)6-11(10)19/h4-6,15H,7-8H2,1-3H3,(H,20,23)/t15-/m1/s1. The fourth-order valence-electron chi connectivity index (χ4n) is 3.31.